The molecule has 0 aliphatic heterocycles. The third-order valence-electron chi connectivity index (χ3n) is 1.56. The summed E-state index contributed by atoms with van der Waals surface area (Å²) in [5.74, 6) is 0. The predicted molar refractivity (Wildman–Crippen MR) is 56.4 cm³/mol. The minimum absolute atomic E-state index is 0.990. The van der Waals surface area contributed by atoms with Gasteiger partial charge in [-0.3, -0.25) is 0 Å². The quantitative estimate of drug-likeness (QED) is 0.499. The Labute approximate surface area is 78.0 Å². The summed E-state index contributed by atoms with van der Waals surface area (Å²) in [4.78, 5) is 2.24. The molecule has 0 bridgehead atoms. The normalized spacial score (nSPS) is 9.42. The van der Waals surface area contributed by atoms with Crippen LogP contribution >= 0.6 is 11.8 Å². The van der Waals surface area contributed by atoms with Gasteiger partial charge in [-0.25, -0.2) is 0 Å². The van der Waals surface area contributed by atoms with Gasteiger partial charge in [0.05, 0.1) is 0 Å². The maximum absolute atomic E-state index is 3.85. The molecule has 0 aliphatic carbocycles. The van der Waals surface area contributed by atoms with Crippen LogP contribution in [-0.4, -0.2) is 0 Å². The lowest BCUT2D eigenvalue weighted by Crippen LogP contribution is -1.77. The van der Waals surface area contributed by atoms with Gasteiger partial charge in [-0.15, -0.1) is 0 Å². The number of thioether (sulfide) groups is 1. The molecule has 0 amide bonds. The summed E-state index contributed by atoms with van der Waals surface area (Å²) < 4.78 is 0. The van der Waals surface area contributed by atoms with E-state index in [1.807, 2.05) is 12.1 Å². The highest BCUT2D eigenvalue weighted by atomic mass is 32.2. The van der Waals surface area contributed by atoms with Crippen molar-refractivity contribution in [1.82, 2.24) is 0 Å². The molecule has 1 heteroatoms. The first kappa shape index (κ1) is 9.14. The van der Waals surface area contributed by atoms with E-state index in [2.05, 4.69) is 32.2 Å². The molecule has 0 radical (unpaired) electrons. The Kier molecular flexibility index (Phi) is 3.18. The summed E-state index contributed by atoms with van der Waals surface area (Å²) in [5, 5.41) is 0. The van der Waals surface area contributed by atoms with Crippen LogP contribution in [0.3, 0.4) is 0 Å². The Morgan fingerprint density at radius 2 is 2.08 bits per heavy atom. The molecule has 0 nitrogen and oxygen atoms in total. The van der Waals surface area contributed by atoms with Crippen molar-refractivity contribution in [2.24, 2.45) is 0 Å². The molecule has 1 rings (SSSR count). The molecule has 0 heterocycles. The maximum Gasteiger partial charge on any atom is 0.0151 e. The Bertz CT molecular complexity index is 300. The number of hydrogen-bond donors (Lipinski definition) is 0. The fraction of sp³-hybridized carbons (Fsp3) is 0.0909. The van der Waals surface area contributed by atoms with Crippen molar-refractivity contribution < 1.29 is 0 Å². The van der Waals surface area contributed by atoms with Crippen LogP contribution in [0.25, 0.3) is 0 Å². The molecule has 0 saturated heterocycles. The molecule has 1 aromatic rings. The minimum Gasteiger partial charge on any atom is -0.0980 e. The van der Waals surface area contributed by atoms with Crippen LogP contribution in [0, 0.1) is 6.92 Å². The average molecular weight is 176 g/mol. The van der Waals surface area contributed by atoms with Gasteiger partial charge in [0.2, 0.25) is 0 Å². The third-order valence-corrected chi connectivity index (χ3v) is 2.67. The fourth-order valence-electron chi connectivity index (χ4n) is 0.854. The second kappa shape index (κ2) is 4.17. The van der Waals surface area contributed by atoms with Crippen molar-refractivity contribution in [3.8, 4) is 0 Å². The first-order chi connectivity index (χ1) is 5.74. The number of rotatable bonds is 3. The lowest BCUT2D eigenvalue weighted by Gasteiger charge is -2.03. The van der Waals surface area contributed by atoms with Gasteiger partial charge in [0.15, 0.2) is 0 Å². The van der Waals surface area contributed by atoms with E-state index < -0.39 is 0 Å². The molecule has 0 unspecified atom stereocenters. The number of aryl methyl sites for hydroxylation is 1. The molecule has 0 aliphatic rings. The van der Waals surface area contributed by atoms with Crippen molar-refractivity contribution in [3.05, 3.63) is 54.0 Å². The molecule has 0 aromatic heterocycles. The van der Waals surface area contributed by atoms with Crippen LogP contribution < -0.4 is 0 Å². The van der Waals surface area contributed by atoms with Crippen LogP contribution in [0.2, 0.25) is 0 Å². The Hall–Kier alpha value is -0.950. The first-order valence-electron chi connectivity index (χ1n) is 3.79. The van der Waals surface area contributed by atoms with E-state index in [9.17, 15) is 0 Å². The van der Waals surface area contributed by atoms with Crippen LogP contribution in [0.4, 0.5) is 0 Å². The summed E-state index contributed by atoms with van der Waals surface area (Å²) in [5.41, 5.74) is 1.28. The molecule has 1 aromatic carbocycles. The highest BCUT2D eigenvalue weighted by Crippen LogP contribution is 2.28. The minimum atomic E-state index is 0.990. The van der Waals surface area contributed by atoms with Crippen molar-refractivity contribution in [2.75, 3.05) is 0 Å². The number of hydrogen-bond acceptors (Lipinski definition) is 1. The average Bonchev–Trinajstić information content (AvgIpc) is 2.09. The van der Waals surface area contributed by atoms with Crippen molar-refractivity contribution >= 4 is 11.8 Å². The molecule has 0 spiro atoms. The van der Waals surface area contributed by atoms with Gasteiger partial charge in [-0.2, -0.15) is 0 Å². The summed E-state index contributed by atoms with van der Waals surface area (Å²) in [6.45, 7) is 9.62. The lowest BCUT2D eigenvalue weighted by molar-refractivity contribution is 1.31. The van der Waals surface area contributed by atoms with Gasteiger partial charge >= 0.3 is 0 Å². The number of benzene rings is 1. The largest absolute Gasteiger partial charge is 0.0980 e. The van der Waals surface area contributed by atoms with E-state index in [0.29, 0.717) is 0 Å². The molecule has 12 heavy (non-hydrogen) atoms. The predicted octanol–water partition coefficient (Wildman–Crippen LogP) is 3.79. The monoisotopic (exact) mass is 176 g/mol. The zero-order valence-corrected chi connectivity index (χ0v) is 8.03. The second-order valence-electron chi connectivity index (χ2n) is 2.54. The van der Waals surface area contributed by atoms with Crippen molar-refractivity contribution in [1.29, 1.82) is 0 Å². The smallest absolute Gasteiger partial charge is 0.0151 e. The van der Waals surface area contributed by atoms with Gasteiger partial charge in [-0.1, -0.05) is 49.2 Å². The standard InChI is InChI=1S/C11H12S/c1-4-10(3)12-11-8-6-5-7-9(11)2/h4-8H,1,3H2,2H3. The van der Waals surface area contributed by atoms with Crippen molar-refractivity contribution in [3.63, 3.8) is 0 Å². The van der Waals surface area contributed by atoms with Gasteiger partial charge in [0.25, 0.3) is 0 Å². The van der Waals surface area contributed by atoms with E-state index in [4.69, 9.17) is 0 Å². The Morgan fingerprint density at radius 1 is 1.42 bits per heavy atom. The molecule has 0 saturated carbocycles. The highest BCUT2D eigenvalue weighted by Gasteiger charge is 1.97. The van der Waals surface area contributed by atoms with Gasteiger partial charge in [0, 0.05) is 9.80 Å². The molecular weight excluding hydrogens is 164 g/mol. The SMILES string of the molecule is C=CC(=C)Sc1ccccc1C. The summed E-state index contributed by atoms with van der Waals surface area (Å²) >= 11 is 1.66. The second-order valence-corrected chi connectivity index (χ2v) is 3.71. The third kappa shape index (κ3) is 2.28. The summed E-state index contributed by atoms with van der Waals surface area (Å²) in [6, 6.07) is 8.26. The van der Waals surface area contributed by atoms with Crippen LogP contribution in [0.1, 0.15) is 5.56 Å². The van der Waals surface area contributed by atoms with Gasteiger partial charge in [-0.05, 0) is 18.6 Å². The van der Waals surface area contributed by atoms with E-state index in [1.165, 1.54) is 10.5 Å². The fourth-order valence-corrected chi connectivity index (χ4v) is 1.60. The van der Waals surface area contributed by atoms with Crippen molar-refractivity contribution in [2.45, 2.75) is 11.8 Å². The zero-order chi connectivity index (χ0) is 8.97. The molecular formula is C11H12S. The van der Waals surface area contributed by atoms with E-state index in [-0.39, 0.29) is 0 Å². The molecule has 0 fully saturated rings. The van der Waals surface area contributed by atoms with Crippen LogP contribution in [-0.2, 0) is 0 Å². The van der Waals surface area contributed by atoms with Crippen LogP contribution in [0.15, 0.2) is 53.3 Å². The Balaban J connectivity index is 2.82. The maximum atomic E-state index is 3.85. The zero-order valence-electron chi connectivity index (χ0n) is 7.21. The molecule has 62 valence electrons. The highest BCUT2D eigenvalue weighted by molar-refractivity contribution is 8.03. The van der Waals surface area contributed by atoms with E-state index in [0.717, 1.165) is 4.91 Å². The summed E-state index contributed by atoms with van der Waals surface area (Å²) in [6.07, 6.45) is 1.77. The Morgan fingerprint density at radius 3 is 2.67 bits per heavy atom. The van der Waals surface area contributed by atoms with E-state index >= 15 is 0 Å². The number of allylic oxidation sites excluding steroid dienone is 1. The molecule has 0 atom stereocenters. The first-order valence-corrected chi connectivity index (χ1v) is 4.60. The van der Waals surface area contributed by atoms with Crippen LogP contribution in [0.5, 0.6) is 0 Å². The van der Waals surface area contributed by atoms with Gasteiger partial charge < -0.3 is 0 Å². The molecule has 0 N–H and O–H groups in total. The van der Waals surface area contributed by atoms with Gasteiger partial charge in [0.1, 0.15) is 0 Å². The summed E-state index contributed by atoms with van der Waals surface area (Å²) in [7, 11) is 0. The topological polar surface area (TPSA) is 0 Å². The van der Waals surface area contributed by atoms with E-state index in [1.54, 1.807) is 17.8 Å². The lowest BCUT2D eigenvalue weighted by atomic mass is 10.2.